The van der Waals surface area contributed by atoms with Crippen molar-refractivity contribution in [2.24, 2.45) is 23.7 Å². The largest absolute Gasteiger partial charge is 0.347 e. The lowest BCUT2D eigenvalue weighted by molar-refractivity contribution is -0.223. The normalized spacial score (nSPS) is 48.1. The number of hydrogen-bond donors (Lipinski definition) is 0. The minimum absolute atomic E-state index is 0.00694. The molecule has 1 aliphatic carbocycles. The SMILES string of the molecule is CC1CC(C)C2C(C1C)C1(CCS2(=O)=O)OCCO1. The average molecular weight is 288 g/mol. The van der Waals surface area contributed by atoms with Crippen LogP contribution >= 0.6 is 0 Å². The Morgan fingerprint density at radius 2 is 1.68 bits per heavy atom. The van der Waals surface area contributed by atoms with E-state index in [2.05, 4.69) is 20.8 Å². The zero-order chi connectivity index (χ0) is 13.8. The second-order valence-electron chi connectivity index (χ2n) is 6.67. The topological polar surface area (TPSA) is 52.6 Å². The Hall–Kier alpha value is -0.130. The van der Waals surface area contributed by atoms with Gasteiger partial charge in [0.1, 0.15) is 0 Å². The van der Waals surface area contributed by atoms with Crippen LogP contribution in [0, 0.1) is 23.7 Å². The summed E-state index contributed by atoms with van der Waals surface area (Å²) < 4.78 is 36.9. The number of fused-ring (bicyclic) bond motifs is 2. The standard InChI is InChI=1S/C14H24O4S/c1-9-8-10(2)13-12(11(9)3)14(17-5-6-18-14)4-7-19(13,15)16/h9-13H,4-8H2,1-3H3. The fraction of sp³-hybridized carbons (Fsp3) is 1.00. The van der Waals surface area contributed by atoms with E-state index in [0.29, 0.717) is 31.5 Å². The molecule has 5 unspecified atom stereocenters. The van der Waals surface area contributed by atoms with Gasteiger partial charge in [0, 0.05) is 12.3 Å². The van der Waals surface area contributed by atoms with Gasteiger partial charge in [-0.15, -0.1) is 0 Å². The molecule has 19 heavy (non-hydrogen) atoms. The summed E-state index contributed by atoms with van der Waals surface area (Å²) in [6, 6.07) is 0. The molecular weight excluding hydrogens is 264 g/mol. The first kappa shape index (κ1) is 13.8. The molecule has 1 saturated carbocycles. The summed E-state index contributed by atoms with van der Waals surface area (Å²) in [6.45, 7) is 7.66. The molecule has 2 saturated heterocycles. The second kappa shape index (κ2) is 4.43. The molecule has 0 bridgehead atoms. The van der Waals surface area contributed by atoms with Gasteiger partial charge in [0.25, 0.3) is 0 Å². The van der Waals surface area contributed by atoms with E-state index in [1.807, 2.05) is 0 Å². The van der Waals surface area contributed by atoms with Crippen LogP contribution < -0.4 is 0 Å². The van der Waals surface area contributed by atoms with Crippen molar-refractivity contribution < 1.29 is 17.9 Å². The number of sulfone groups is 1. The molecule has 0 aromatic heterocycles. The Bertz CT molecular complexity index is 452. The minimum Gasteiger partial charge on any atom is -0.347 e. The summed E-state index contributed by atoms with van der Waals surface area (Å²) in [4.78, 5) is 0. The Balaban J connectivity index is 2.05. The van der Waals surface area contributed by atoms with Gasteiger partial charge in [-0.2, -0.15) is 0 Å². The summed E-state index contributed by atoms with van der Waals surface area (Å²) in [6.07, 6.45) is 1.48. The molecule has 0 radical (unpaired) electrons. The summed E-state index contributed by atoms with van der Waals surface area (Å²) in [5, 5.41) is -0.287. The van der Waals surface area contributed by atoms with Crippen LogP contribution in [0.4, 0.5) is 0 Å². The molecule has 5 atom stereocenters. The summed E-state index contributed by atoms with van der Waals surface area (Å²) in [7, 11) is -3.01. The van der Waals surface area contributed by atoms with Crippen molar-refractivity contribution >= 4 is 9.84 Å². The van der Waals surface area contributed by atoms with Gasteiger partial charge < -0.3 is 9.47 Å². The molecule has 5 heteroatoms. The highest BCUT2D eigenvalue weighted by molar-refractivity contribution is 7.92. The highest BCUT2D eigenvalue weighted by Crippen LogP contribution is 2.52. The second-order valence-corrected chi connectivity index (χ2v) is 8.94. The first-order valence-corrected chi connectivity index (χ1v) is 9.08. The van der Waals surface area contributed by atoms with Gasteiger partial charge in [-0.3, -0.25) is 0 Å². The Kier molecular flexibility index (Phi) is 3.23. The minimum atomic E-state index is -3.01. The zero-order valence-corrected chi connectivity index (χ0v) is 12.8. The monoisotopic (exact) mass is 288 g/mol. The fourth-order valence-electron chi connectivity index (χ4n) is 4.57. The smallest absolute Gasteiger partial charge is 0.173 e. The van der Waals surface area contributed by atoms with Gasteiger partial charge in [-0.25, -0.2) is 8.42 Å². The van der Waals surface area contributed by atoms with Crippen LogP contribution in [0.5, 0.6) is 0 Å². The summed E-state index contributed by atoms with van der Waals surface area (Å²) in [5.41, 5.74) is 0. The maximum atomic E-state index is 12.5. The molecule has 0 aromatic rings. The third-order valence-corrected chi connectivity index (χ3v) is 7.92. The molecule has 3 rings (SSSR count). The van der Waals surface area contributed by atoms with Crippen molar-refractivity contribution in [1.82, 2.24) is 0 Å². The van der Waals surface area contributed by atoms with Gasteiger partial charge in [-0.05, 0) is 24.2 Å². The number of hydrogen-bond acceptors (Lipinski definition) is 4. The Morgan fingerprint density at radius 1 is 1.05 bits per heavy atom. The molecular formula is C14H24O4S. The van der Waals surface area contributed by atoms with Crippen molar-refractivity contribution in [3.05, 3.63) is 0 Å². The maximum absolute atomic E-state index is 12.5. The number of rotatable bonds is 0. The van der Waals surface area contributed by atoms with Crippen LogP contribution in [-0.2, 0) is 19.3 Å². The molecule has 110 valence electrons. The predicted molar refractivity (Wildman–Crippen MR) is 72.4 cm³/mol. The van der Waals surface area contributed by atoms with Crippen LogP contribution in [0.1, 0.15) is 33.6 Å². The van der Waals surface area contributed by atoms with Crippen LogP contribution in [-0.4, -0.2) is 38.4 Å². The fourth-order valence-corrected chi connectivity index (χ4v) is 7.13. The van der Waals surface area contributed by atoms with Gasteiger partial charge in [-0.1, -0.05) is 20.8 Å². The van der Waals surface area contributed by atoms with Crippen LogP contribution in [0.2, 0.25) is 0 Å². The molecule has 4 nitrogen and oxygen atoms in total. The van der Waals surface area contributed by atoms with E-state index < -0.39 is 15.6 Å². The molecule has 3 aliphatic rings. The van der Waals surface area contributed by atoms with Crippen LogP contribution in [0.3, 0.4) is 0 Å². The van der Waals surface area contributed by atoms with E-state index in [1.165, 1.54) is 0 Å². The Morgan fingerprint density at radius 3 is 2.32 bits per heavy atom. The van der Waals surface area contributed by atoms with Crippen molar-refractivity contribution in [1.29, 1.82) is 0 Å². The van der Waals surface area contributed by atoms with Crippen molar-refractivity contribution in [2.75, 3.05) is 19.0 Å². The van der Waals surface area contributed by atoms with Crippen molar-refractivity contribution in [2.45, 2.75) is 44.6 Å². The Labute approximate surface area is 115 Å². The average Bonchev–Trinajstić information content (AvgIpc) is 2.79. The lowest BCUT2D eigenvalue weighted by atomic mass is 9.65. The lowest BCUT2D eigenvalue weighted by Gasteiger charge is -2.53. The van der Waals surface area contributed by atoms with E-state index in [0.717, 1.165) is 6.42 Å². The quantitative estimate of drug-likeness (QED) is 0.682. The van der Waals surface area contributed by atoms with Gasteiger partial charge in [0.05, 0.1) is 24.2 Å². The highest BCUT2D eigenvalue weighted by atomic mass is 32.2. The van der Waals surface area contributed by atoms with E-state index in [4.69, 9.17) is 9.47 Å². The van der Waals surface area contributed by atoms with Crippen LogP contribution in [0.25, 0.3) is 0 Å². The third kappa shape index (κ3) is 1.96. The molecule has 1 spiro atoms. The first-order chi connectivity index (χ1) is 8.87. The van der Waals surface area contributed by atoms with E-state index >= 15 is 0 Å². The van der Waals surface area contributed by atoms with Crippen molar-refractivity contribution in [3.8, 4) is 0 Å². The van der Waals surface area contributed by atoms with E-state index in [9.17, 15) is 8.42 Å². The molecule has 2 aliphatic heterocycles. The van der Waals surface area contributed by atoms with Gasteiger partial charge in [0.2, 0.25) is 0 Å². The van der Waals surface area contributed by atoms with Crippen molar-refractivity contribution in [3.63, 3.8) is 0 Å². The lowest BCUT2D eigenvalue weighted by Crippen LogP contribution is -2.61. The van der Waals surface area contributed by atoms with Crippen LogP contribution in [0.15, 0.2) is 0 Å². The molecule has 0 aromatic carbocycles. The van der Waals surface area contributed by atoms with E-state index in [1.54, 1.807) is 0 Å². The number of ether oxygens (including phenoxy) is 2. The molecule has 2 heterocycles. The van der Waals surface area contributed by atoms with Gasteiger partial charge in [0.15, 0.2) is 15.6 Å². The third-order valence-electron chi connectivity index (χ3n) is 5.56. The first-order valence-electron chi connectivity index (χ1n) is 7.37. The highest BCUT2D eigenvalue weighted by Gasteiger charge is 2.60. The summed E-state index contributed by atoms with van der Waals surface area (Å²) >= 11 is 0. The zero-order valence-electron chi connectivity index (χ0n) is 12.0. The van der Waals surface area contributed by atoms with Gasteiger partial charge >= 0.3 is 0 Å². The summed E-state index contributed by atoms with van der Waals surface area (Å²) in [5.74, 6) is 0.625. The predicted octanol–water partition coefficient (Wildman–Crippen LogP) is 1.84. The molecule has 0 N–H and O–H groups in total. The molecule has 0 amide bonds. The van der Waals surface area contributed by atoms with E-state index in [-0.39, 0.29) is 22.8 Å². The maximum Gasteiger partial charge on any atom is 0.173 e. The molecule has 3 fully saturated rings.